The van der Waals surface area contributed by atoms with Crippen molar-refractivity contribution in [3.63, 3.8) is 0 Å². The van der Waals surface area contributed by atoms with E-state index in [1.165, 1.54) is 17.4 Å². The van der Waals surface area contributed by atoms with Crippen molar-refractivity contribution in [3.05, 3.63) is 21.9 Å². The smallest absolute Gasteiger partial charge is 0.249 e. The van der Waals surface area contributed by atoms with Gasteiger partial charge in [-0.25, -0.2) is 0 Å². The summed E-state index contributed by atoms with van der Waals surface area (Å²) >= 11 is 4.27. The molecule has 0 aliphatic rings. The van der Waals surface area contributed by atoms with Crippen molar-refractivity contribution in [3.8, 4) is 0 Å². The van der Waals surface area contributed by atoms with Crippen LogP contribution in [0.2, 0.25) is 0 Å². The van der Waals surface area contributed by atoms with Gasteiger partial charge in [0.05, 0.1) is 15.8 Å². The van der Waals surface area contributed by atoms with Crippen LogP contribution in [0.1, 0.15) is 20.0 Å². The lowest BCUT2D eigenvalue weighted by molar-refractivity contribution is 0.100. The largest absolute Gasteiger partial charge is 0.366 e. The Labute approximate surface area is 81.7 Å². The molecule has 1 aromatic rings. The molecule has 64 valence electrons. The summed E-state index contributed by atoms with van der Waals surface area (Å²) in [7, 11) is 0. The molecule has 0 bridgehead atoms. The summed E-state index contributed by atoms with van der Waals surface area (Å²) in [5, 5.41) is 1.85. The van der Waals surface area contributed by atoms with Crippen LogP contribution in [-0.4, -0.2) is 17.0 Å². The monoisotopic (exact) mass is 247 g/mol. The van der Waals surface area contributed by atoms with Gasteiger partial charge >= 0.3 is 0 Å². The minimum atomic E-state index is -0.500. The molecular weight excluding hydrogens is 242 g/mol. The van der Waals surface area contributed by atoms with Crippen molar-refractivity contribution in [2.75, 3.05) is 5.33 Å². The van der Waals surface area contributed by atoms with E-state index in [0.717, 1.165) is 0 Å². The van der Waals surface area contributed by atoms with Crippen LogP contribution in [-0.2, 0) is 0 Å². The molecule has 1 amide bonds. The first kappa shape index (κ1) is 9.41. The first-order chi connectivity index (χ1) is 5.65. The van der Waals surface area contributed by atoms with E-state index in [4.69, 9.17) is 5.73 Å². The Balaban J connectivity index is 2.91. The van der Waals surface area contributed by atoms with Crippen LogP contribution in [0.4, 0.5) is 0 Å². The number of amides is 1. The second-order valence-corrected chi connectivity index (χ2v) is 3.59. The van der Waals surface area contributed by atoms with Crippen molar-refractivity contribution in [1.29, 1.82) is 0 Å². The van der Waals surface area contributed by atoms with Gasteiger partial charge < -0.3 is 5.73 Å². The molecule has 1 heterocycles. The molecule has 0 aliphatic heterocycles. The first-order valence-electron chi connectivity index (χ1n) is 3.12. The van der Waals surface area contributed by atoms with Gasteiger partial charge in [0.1, 0.15) is 0 Å². The first-order valence-corrected chi connectivity index (χ1v) is 5.12. The fourth-order valence-electron chi connectivity index (χ4n) is 0.678. The Morgan fingerprint density at radius 2 is 2.25 bits per heavy atom. The van der Waals surface area contributed by atoms with E-state index >= 15 is 0 Å². The van der Waals surface area contributed by atoms with Crippen LogP contribution in [0, 0.1) is 0 Å². The molecule has 12 heavy (non-hydrogen) atoms. The highest BCUT2D eigenvalue weighted by molar-refractivity contribution is 9.09. The quantitative estimate of drug-likeness (QED) is 0.649. The number of thiophene rings is 1. The molecule has 0 saturated carbocycles. The number of nitrogens with two attached hydrogens (primary N) is 1. The Hall–Kier alpha value is -0.680. The minimum absolute atomic E-state index is 0.0347. The highest BCUT2D eigenvalue weighted by atomic mass is 79.9. The third-order valence-electron chi connectivity index (χ3n) is 1.28. The molecule has 0 fully saturated rings. The zero-order chi connectivity index (χ0) is 9.14. The van der Waals surface area contributed by atoms with E-state index in [9.17, 15) is 9.59 Å². The lowest BCUT2D eigenvalue weighted by atomic mass is 10.2. The second kappa shape index (κ2) is 3.82. The molecule has 0 atom stereocenters. The molecule has 0 saturated heterocycles. The maximum Gasteiger partial charge on any atom is 0.249 e. The summed E-state index contributed by atoms with van der Waals surface area (Å²) in [6, 6.07) is 1.51. The van der Waals surface area contributed by atoms with Gasteiger partial charge in [-0.3, -0.25) is 9.59 Å². The van der Waals surface area contributed by atoms with E-state index in [1.807, 2.05) is 0 Å². The third-order valence-corrected chi connectivity index (χ3v) is 2.76. The van der Waals surface area contributed by atoms with Crippen molar-refractivity contribution >= 4 is 39.0 Å². The Kier molecular flexibility index (Phi) is 2.99. The topological polar surface area (TPSA) is 60.2 Å². The van der Waals surface area contributed by atoms with Crippen LogP contribution in [0.15, 0.2) is 11.4 Å². The molecule has 0 radical (unpaired) electrons. The van der Waals surface area contributed by atoms with Gasteiger partial charge in [0.2, 0.25) is 5.91 Å². The van der Waals surface area contributed by atoms with Crippen molar-refractivity contribution in [2.45, 2.75) is 0 Å². The number of rotatable bonds is 3. The summed E-state index contributed by atoms with van der Waals surface area (Å²) in [6.07, 6.45) is 0. The Morgan fingerprint density at radius 3 is 2.67 bits per heavy atom. The van der Waals surface area contributed by atoms with E-state index in [-0.39, 0.29) is 11.1 Å². The molecule has 0 aromatic carbocycles. The predicted octanol–water partition coefficient (Wildman–Crippen LogP) is 1.42. The number of halogens is 1. The highest BCUT2D eigenvalue weighted by Crippen LogP contribution is 2.15. The van der Waals surface area contributed by atoms with Crippen molar-refractivity contribution in [2.24, 2.45) is 5.73 Å². The number of hydrogen-bond donors (Lipinski definition) is 1. The standard InChI is InChI=1S/C7H6BrNO2S/c8-2-5(10)6-1-4(3-12-6)7(9)11/h1,3H,2H2,(H2,9,11). The average Bonchev–Trinajstić information content (AvgIpc) is 2.51. The number of hydrogen-bond acceptors (Lipinski definition) is 3. The SMILES string of the molecule is NC(=O)c1csc(C(=O)CBr)c1. The van der Waals surface area contributed by atoms with E-state index in [2.05, 4.69) is 15.9 Å². The summed E-state index contributed by atoms with van der Waals surface area (Å²) < 4.78 is 0. The van der Waals surface area contributed by atoms with Gasteiger partial charge in [0.15, 0.2) is 5.78 Å². The van der Waals surface area contributed by atoms with Crippen LogP contribution in [0.25, 0.3) is 0 Å². The van der Waals surface area contributed by atoms with Gasteiger partial charge in [-0.15, -0.1) is 11.3 Å². The van der Waals surface area contributed by atoms with E-state index in [1.54, 1.807) is 5.38 Å². The second-order valence-electron chi connectivity index (χ2n) is 2.12. The number of alkyl halides is 1. The molecule has 0 spiro atoms. The van der Waals surface area contributed by atoms with Crippen molar-refractivity contribution in [1.82, 2.24) is 0 Å². The number of primary amides is 1. The molecule has 0 unspecified atom stereocenters. The highest BCUT2D eigenvalue weighted by Gasteiger charge is 2.09. The molecular formula is C7H6BrNO2S. The van der Waals surface area contributed by atoms with Crippen LogP contribution in [0.5, 0.6) is 0 Å². The fraction of sp³-hybridized carbons (Fsp3) is 0.143. The van der Waals surface area contributed by atoms with Gasteiger partial charge in [-0.05, 0) is 6.07 Å². The van der Waals surface area contributed by atoms with Gasteiger partial charge in [-0.1, -0.05) is 15.9 Å². The van der Waals surface area contributed by atoms with Gasteiger partial charge in [0.25, 0.3) is 0 Å². The third kappa shape index (κ3) is 1.92. The average molecular weight is 248 g/mol. The van der Waals surface area contributed by atoms with Crippen LogP contribution in [0.3, 0.4) is 0 Å². The molecule has 0 aliphatic carbocycles. The summed E-state index contributed by atoms with van der Waals surface area (Å²) in [6.45, 7) is 0. The number of ketones is 1. The number of Topliss-reactive ketones (excluding diaryl/α,β-unsaturated/α-hetero) is 1. The van der Waals surface area contributed by atoms with Gasteiger partial charge in [0, 0.05) is 5.38 Å². The maximum absolute atomic E-state index is 11.1. The molecule has 1 aromatic heterocycles. The number of carbonyl (C=O) groups excluding carboxylic acids is 2. The fourth-order valence-corrected chi connectivity index (χ4v) is 2.00. The summed E-state index contributed by atoms with van der Waals surface area (Å²) in [4.78, 5) is 22.2. The van der Waals surface area contributed by atoms with E-state index < -0.39 is 5.91 Å². The zero-order valence-electron chi connectivity index (χ0n) is 6.04. The minimum Gasteiger partial charge on any atom is -0.366 e. The summed E-state index contributed by atoms with van der Waals surface area (Å²) in [5.74, 6) is -0.535. The van der Waals surface area contributed by atoms with Crippen LogP contribution < -0.4 is 5.73 Å². The zero-order valence-corrected chi connectivity index (χ0v) is 8.44. The van der Waals surface area contributed by atoms with Crippen molar-refractivity contribution < 1.29 is 9.59 Å². The molecule has 2 N–H and O–H groups in total. The summed E-state index contributed by atoms with van der Waals surface area (Å²) in [5.41, 5.74) is 5.41. The Bertz CT molecular complexity index is 321. The van der Waals surface area contributed by atoms with E-state index in [0.29, 0.717) is 10.4 Å². The molecule has 3 nitrogen and oxygen atoms in total. The van der Waals surface area contributed by atoms with Gasteiger partial charge in [-0.2, -0.15) is 0 Å². The van der Waals surface area contributed by atoms with Crippen LogP contribution >= 0.6 is 27.3 Å². The number of carbonyl (C=O) groups is 2. The Morgan fingerprint density at radius 1 is 1.58 bits per heavy atom. The lowest BCUT2D eigenvalue weighted by Crippen LogP contribution is -2.09. The molecule has 5 heteroatoms. The lowest BCUT2D eigenvalue weighted by Gasteiger charge is -1.87. The normalized spacial score (nSPS) is 9.75. The predicted molar refractivity (Wildman–Crippen MR) is 51.0 cm³/mol. The maximum atomic E-state index is 11.1. The molecule has 1 rings (SSSR count).